The summed E-state index contributed by atoms with van der Waals surface area (Å²) in [6, 6.07) is 0. The Balaban J connectivity index is 2.88. The summed E-state index contributed by atoms with van der Waals surface area (Å²) >= 11 is 7.01. The number of carbonyl (C=O) groups excluding carboxylic acids is 1. The molecule has 8 heteroatoms. The molecule has 0 aliphatic rings. The number of aromatic nitrogens is 1. The topological polar surface area (TPSA) is 71.9 Å². The quantitative estimate of drug-likeness (QED) is 0.757. The van der Waals surface area contributed by atoms with Crippen molar-refractivity contribution in [1.82, 2.24) is 4.98 Å². The molecule has 0 saturated carbocycles. The molecular formula is C10H15ClN2O4S. The van der Waals surface area contributed by atoms with Gasteiger partial charge in [-0.2, -0.15) is 0 Å². The maximum atomic E-state index is 11.4. The van der Waals surface area contributed by atoms with Crippen molar-refractivity contribution >= 4 is 34.0 Å². The molecule has 1 rings (SSSR count). The second-order valence-electron chi connectivity index (χ2n) is 3.31. The van der Waals surface area contributed by atoms with Gasteiger partial charge in [-0.05, 0) is 0 Å². The molecule has 0 unspecified atom stereocenters. The third-order valence-electron chi connectivity index (χ3n) is 2.15. The number of hydrogen-bond donors (Lipinski definition) is 1. The summed E-state index contributed by atoms with van der Waals surface area (Å²) in [4.78, 5) is 17.6. The van der Waals surface area contributed by atoms with Crippen molar-refractivity contribution in [1.29, 1.82) is 0 Å². The number of thiazole rings is 1. The summed E-state index contributed by atoms with van der Waals surface area (Å²) in [6.07, 6.45) is 0. The maximum Gasteiger partial charge on any atom is 0.351 e. The molecular weight excluding hydrogens is 280 g/mol. The largest absolute Gasteiger partial charge is 0.465 e. The van der Waals surface area contributed by atoms with Gasteiger partial charge in [-0.1, -0.05) is 22.9 Å². The molecule has 0 radical (unpaired) electrons. The highest BCUT2D eigenvalue weighted by Gasteiger charge is 2.20. The molecule has 18 heavy (non-hydrogen) atoms. The lowest BCUT2D eigenvalue weighted by Crippen LogP contribution is -2.29. The molecule has 0 aliphatic heterocycles. The molecule has 0 bridgehead atoms. The van der Waals surface area contributed by atoms with E-state index in [-0.39, 0.29) is 16.6 Å². The van der Waals surface area contributed by atoms with Gasteiger partial charge < -0.3 is 19.5 Å². The number of aliphatic hydroxyl groups is 1. The Hall–Kier alpha value is -0.890. The van der Waals surface area contributed by atoms with E-state index in [0.29, 0.717) is 24.8 Å². The lowest BCUT2D eigenvalue weighted by Gasteiger charge is -2.19. The van der Waals surface area contributed by atoms with Crippen molar-refractivity contribution in [2.75, 3.05) is 45.4 Å². The van der Waals surface area contributed by atoms with Crippen LogP contribution < -0.4 is 4.90 Å². The standard InChI is InChI=1S/C10H15ClN2O4S/c1-16-6-4-13(3-5-14)10-12-8(11)7(18-10)9(15)17-2/h14H,3-6H2,1-2H3. The van der Waals surface area contributed by atoms with Crippen LogP contribution in [-0.2, 0) is 9.47 Å². The summed E-state index contributed by atoms with van der Waals surface area (Å²) in [7, 11) is 2.88. The van der Waals surface area contributed by atoms with Gasteiger partial charge in [-0.15, -0.1) is 0 Å². The number of esters is 1. The van der Waals surface area contributed by atoms with Crippen LogP contribution in [0.3, 0.4) is 0 Å². The molecule has 6 nitrogen and oxygen atoms in total. The number of carbonyl (C=O) groups is 1. The molecule has 0 spiro atoms. The van der Waals surface area contributed by atoms with Crippen LogP contribution in [0.2, 0.25) is 5.15 Å². The second-order valence-corrected chi connectivity index (χ2v) is 4.65. The zero-order valence-corrected chi connectivity index (χ0v) is 11.8. The van der Waals surface area contributed by atoms with Crippen molar-refractivity contribution in [2.45, 2.75) is 0 Å². The lowest BCUT2D eigenvalue weighted by molar-refractivity contribution is 0.0606. The molecule has 0 fully saturated rings. The minimum Gasteiger partial charge on any atom is -0.465 e. The van der Waals surface area contributed by atoms with Crippen LogP contribution in [0.1, 0.15) is 9.67 Å². The van der Waals surface area contributed by atoms with Gasteiger partial charge in [-0.25, -0.2) is 9.78 Å². The van der Waals surface area contributed by atoms with E-state index >= 15 is 0 Å². The summed E-state index contributed by atoms with van der Waals surface area (Å²) in [5, 5.41) is 9.67. The fraction of sp³-hybridized carbons (Fsp3) is 0.600. The van der Waals surface area contributed by atoms with Gasteiger partial charge in [-0.3, -0.25) is 0 Å². The summed E-state index contributed by atoms with van der Waals surface area (Å²) in [5.74, 6) is -0.514. The normalized spacial score (nSPS) is 10.4. The first-order chi connectivity index (χ1) is 8.63. The second kappa shape index (κ2) is 7.52. The number of nitrogens with zero attached hydrogens (tertiary/aromatic N) is 2. The third kappa shape index (κ3) is 3.81. The van der Waals surface area contributed by atoms with Gasteiger partial charge in [0.25, 0.3) is 0 Å². The van der Waals surface area contributed by atoms with Gasteiger partial charge in [0.1, 0.15) is 0 Å². The molecule has 1 aromatic heterocycles. The van der Waals surface area contributed by atoms with Crippen LogP contribution in [-0.4, -0.2) is 56.6 Å². The van der Waals surface area contributed by atoms with Gasteiger partial charge in [0.15, 0.2) is 15.2 Å². The van der Waals surface area contributed by atoms with E-state index in [4.69, 9.17) is 21.4 Å². The van der Waals surface area contributed by atoms with E-state index in [1.54, 1.807) is 12.0 Å². The Morgan fingerprint density at radius 3 is 2.78 bits per heavy atom. The maximum absolute atomic E-state index is 11.4. The molecule has 1 heterocycles. The zero-order valence-electron chi connectivity index (χ0n) is 10.2. The van der Waals surface area contributed by atoms with Crippen LogP contribution in [0.25, 0.3) is 0 Å². The van der Waals surface area contributed by atoms with E-state index in [9.17, 15) is 4.79 Å². The van der Waals surface area contributed by atoms with Crippen LogP contribution >= 0.6 is 22.9 Å². The molecule has 1 aromatic rings. The monoisotopic (exact) mass is 294 g/mol. The third-order valence-corrected chi connectivity index (χ3v) is 3.63. The summed E-state index contributed by atoms with van der Waals surface area (Å²) in [6.45, 7) is 1.43. The van der Waals surface area contributed by atoms with Crippen molar-refractivity contribution in [3.63, 3.8) is 0 Å². The first-order valence-corrected chi connectivity index (χ1v) is 6.42. The number of ether oxygens (including phenoxy) is 2. The number of methoxy groups -OCH3 is 2. The van der Waals surface area contributed by atoms with E-state index < -0.39 is 5.97 Å². The average molecular weight is 295 g/mol. The molecule has 0 amide bonds. The first-order valence-electron chi connectivity index (χ1n) is 5.23. The Kier molecular flexibility index (Phi) is 6.34. The Morgan fingerprint density at radius 2 is 2.22 bits per heavy atom. The van der Waals surface area contributed by atoms with Gasteiger partial charge >= 0.3 is 5.97 Å². The van der Waals surface area contributed by atoms with Crippen LogP contribution in [0.4, 0.5) is 5.13 Å². The van der Waals surface area contributed by atoms with E-state index in [1.165, 1.54) is 7.11 Å². The zero-order chi connectivity index (χ0) is 13.5. The lowest BCUT2D eigenvalue weighted by atomic mass is 10.5. The molecule has 0 aromatic carbocycles. The molecule has 102 valence electrons. The molecule has 0 aliphatic carbocycles. The number of rotatable bonds is 7. The summed E-state index contributed by atoms with van der Waals surface area (Å²) < 4.78 is 9.58. The fourth-order valence-electron chi connectivity index (χ4n) is 1.27. The minimum atomic E-state index is -0.514. The fourth-order valence-corrected chi connectivity index (χ4v) is 2.52. The van der Waals surface area contributed by atoms with Crippen molar-refractivity contribution < 1.29 is 19.4 Å². The predicted octanol–water partition coefficient (Wildman–Crippen LogP) is 1.03. The highest BCUT2D eigenvalue weighted by molar-refractivity contribution is 7.18. The number of halogens is 1. The number of aliphatic hydroxyl groups excluding tert-OH is 1. The summed E-state index contributed by atoms with van der Waals surface area (Å²) in [5.41, 5.74) is 0. The van der Waals surface area contributed by atoms with Crippen molar-refractivity contribution in [3.8, 4) is 0 Å². The van der Waals surface area contributed by atoms with Crippen LogP contribution in [0, 0.1) is 0 Å². The van der Waals surface area contributed by atoms with Gasteiger partial charge in [0.05, 0.1) is 20.3 Å². The Labute approximate surface area is 114 Å². The van der Waals surface area contributed by atoms with Crippen molar-refractivity contribution in [3.05, 3.63) is 10.0 Å². The molecule has 0 atom stereocenters. The van der Waals surface area contributed by atoms with Crippen LogP contribution in [0.5, 0.6) is 0 Å². The van der Waals surface area contributed by atoms with Crippen molar-refractivity contribution in [2.24, 2.45) is 0 Å². The Morgan fingerprint density at radius 1 is 1.50 bits per heavy atom. The average Bonchev–Trinajstić information content (AvgIpc) is 2.75. The number of hydrogen-bond acceptors (Lipinski definition) is 7. The van der Waals surface area contributed by atoms with Gasteiger partial charge in [0.2, 0.25) is 0 Å². The Bertz CT molecular complexity index is 399. The first kappa shape index (κ1) is 15.2. The van der Waals surface area contributed by atoms with E-state index in [2.05, 4.69) is 9.72 Å². The van der Waals surface area contributed by atoms with E-state index in [0.717, 1.165) is 11.3 Å². The smallest absolute Gasteiger partial charge is 0.351 e. The van der Waals surface area contributed by atoms with Gasteiger partial charge in [0, 0.05) is 20.2 Å². The molecule has 0 saturated heterocycles. The highest BCUT2D eigenvalue weighted by atomic mass is 35.5. The van der Waals surface area contributed by atoms with E-state index in [1.807, 2.05) is 0 Å². The van der Waals surface area contributed by atoms with Crippen LogP contribution in [0.15, 0.2) is 0 Å². The molecule has 1 N–H and O–H groups in total. The SMILES string of the molecule is COCCN(CCO)c1nc(Cl)c(C(=O)OC)s1. The minimum absolute atomic E-state index is 0.0194. The number of anilines is 1. The predicted molar refractivity (Wildman–Crippen MR) is 69.6 cm³/mol. The highest BCUT2D eigenvalue weighted by Crippen LogP contribution is 2.30.